The fraction of sp³-hybridized carbons (Fsp3) is 0.154. The largest absolute Gasteiger partial charge is 0.388 e. The lowest BCUT2D eigenvalue weighted by Crippen LogP contribution is -2.05. The Bertz CT molecular complexity index is 564. The quantitative estimate of drug-likeness (QED) is 0.925. The predicted molar refractivity (Wildman–Crippen MR) is 72.0 cm³/mol. The van der Waals surface area contributed by atoms with E-state index >= 15 is 0 Å². The van der Waals surface area contributed by atoms with Gasteiger partial charge in [0.25, 0.3) is 0 Å². The molecule has 0 saturated heterocycles. The molecule has 2 aromatic rings. The minimum absolute atomic E-state index is 0.0129. The van der Waals surface area contributed by atoms with Gasteiger partial charge in [0.15, 0.2) is 0 Å². The van der Waals surface area contributed by atoms with E-state index in [-0.39, 0.29) is 17.0 Å². The Morgan fingerprint density at radius 1 is 1.39 bits per heavy atom. The molecule has 0 fully saturated rings. The maximum atomic E-state index is 13.7. The minimum atomic E-state index is -0.945. The highest BCUT2D eigenvalue weighted by molar-refractivity contribution is 9.10. The summed E-state index contributed by atoms with van der Waals surface area (Å²) < 4.78 is 14.5. The Labute approximate surface area is 118 Å². The van der Waals surface area contributed by atoms with Crippen LogP contribution in [0.3, 0.4) is 0 Å². The Morgan fingerprint density at radius 3 is 2.89 bits per heavy atom. The summed E-state index contributed by atoms with van der Waals surface area (Å²) in [6.07, 6.45) is 2.62. The number of nitrogens with zero attached hydrogens (tertiary/aromatic N) is 1. The van der Waals surface area contributed by atoms with Crippen LogP contribution in [0.15, 0.2) is 41.1 Å². The lowest BCUT2D eigenvalue weighted by atomic mass is 10.0. The molecule has 0 amide bonds. The van der Waals surface area contributed by atoms with Crippen LogP contribution in [0, 0.1) is 5.82 Å². The number of aromatic nitrogens is 1. The van der Waals surface area contributed by atoms with Gasteiger partial charge in [-0.25, -0.2) is 4.39 Å². The summed E-state index contributed by atoms with van der Waals surface area (Å²) in [7, 11) is 0. The first-order valence-electron chi connectivity index (χ1n) is 5.29. The van der Waals surface area contributed by atoms with Crippen molar-refractivity contribution in [2.24, 2.45) is 0 Å². The average Bonchev–Trinajstić information content (AvgIpc) is 2.32. The van der Waals surface area contributed by atoms with Gasteiger partial charge < -0.3 is 5.11 Å². The van der Waals surface area contributed by atoms with Crippen LogP contribution < -0.4 is 0 Å². The van der Waals surface area contributed by atoms with E-state index in [0.717, 1.165) is 10.0 Å². The maximum absolute atomic E-state index is 13.7. The molecular weight excluding hydrogens is 321 g/mol. The summed E-state index contributed by atoms with van der Waals surface area (Å²) in [4.78, 5) is 3.99. The zero-order chi connectivity index (χ0) is 13.1. The van der Waals surface area contributed by atoms with Crippen LogP contribution in [0.5, 0.6) is 0 Å². The molecule has 0 saturated carbocycles. The molecule has 0 bridgehead atoms. The highest BCUT2D eigenvalue weighted by Crippen LogP contribution is 2.26. The molecular formula is C13H10BrClFNO. The van der Waals surface area contributed by atoms with E-state index in [1.54, 1.807) is 18.5 Å². The molecule has 5 heteroatoms. The maximum Gasteiger partial charge on any atom is 0.147 e. The summed E-state index contributed by atoms with van der Waals surface area (Å²) in [6, 6.07) is 6.42. The van der Waals surface area contributed by atoms with Gasteiger partial charge in [0, 0.05) is 28.9 Å². The van der Waals surface area contributed by atoms with E-state index in [1.165, 1.54) is 12.1 Å². The van der Waals surface area contributed by atoms with E-state index in [4.69, 9.17) is 11.6 Å². The second-order valence-electron chi connectivity index (χ2n) is 3.87. The lowest BCUT2D eigenvalue weighted by Gasteiger charge is -2.12. The summed E-state index contributed by atoms with van der Waals surface area (Å²) in [5, 5.41) is 10.0. The van der Waals surface area contributed by atoms with Gasteiger partial charge in [-0.05, 0) is 33.6 Å². The molecule has 1 atom stereocenters. The standard InChI is InChI=1S/C13H10BrClFNO/c14-9-4-8(6-17-7-9)5-12(18)10-2-1-3-11(15)13(10)16/h1-4,6-7,12,18H,5H2. The van der Waals surface area contributed by atoms with Crippen LogP contribution in [0.25, 0.3) is 0 Å². The van der Waals surface area contributed by atoms with Crippen molar-refractivity contribution in [1.82, 2.24) is 4.98 Å². The molecule has 0 aliphatic heterocycles. The first kappa shape index (κ1) is 13.5. The van der Waals surface area contributed by atoms with Gasteiger partial charge in [0.2, 0.25) is 0 Å². The van der Waals surface area contributed by atoms with Gasteiger partial charge in [-0.2, -0.15) is 0 Å². The lowest BCUT2D eigenvalue weighted by molar-refractivity contribution is 0.173. The van der Waals surface area contributed by atoms with Crippen molar-refractivity contribution >= 4 is 27.5 Å². The Balaban J connectivity index is 2.22. The van der Waals surface area contributed by atoms with Crippen molar-refractivity contribution in [3.63, 3.8) is 0 Å². The van der Waals surface area contributed by atoms with Gasteiger partial charge >= 0.3 is 0 Å². The number of rotatable bonds is 3. The normalized spacial score (nSPS) is 12.4. The van der Waals surface area contributed by atoms with Crippen LogP contribution in [0.1, 0.15) is 17.2 Å². The molecule has 0 radical (unpaired) electrons. The molecule has 2 rings (SSSR count). The second-order valence-corrected chi connectivity index (χ2v) is 5.20. The van der Waals surface area contributed by atoms with Crippen LogP contribution >= 0.6 is 27.5 Å². The molecule has 18 heavy (non-hydrogen) atoms. The number of halogens is 3. The number of aliphatic hydroxyl groups excluding tert-OH is 1. The summed E-state index contributed by atoms with van der Waals surface area (Å²) in [6.45, 7) is 0. The number of hydrogen-bond donors (Lipinski definition) is 1. The van der Waals surface area contributed by atoms with Crippen molar-refractivity contribution in [3.8, 4) is 0 Å². The highest BCUT2D eigenvalue weighted by Gasteiger charge is 2.15. The molecule has 0 aliphatic rings. The zero-order valence-corrected chi connectivity index (χ0v) is 11.6. The number of benzene rings is 1. The molecule has 2 nitrogen and oxygen atoms in total. The summed E-state index contributed by atoms with van der Waals surface area (Å²) in [5.74, 6) is -0.574. The topological polar surface area (TPSA) is 33.1 Å². The third kappa shape index (κ3) is 3.07. The Morgan fingerprint density at radius 2 is 2.17 bits per heavy atom. The van der Waals surface area contributed by atoms with Crippen molar-refractivity contribution in [3.05, 3.63) is 63.1 Å². The van der Waals surface area contributed by atoms with E-state index in [9.17, 15) is 9.50 Å². The molecule has 1 aromatic carbocycles. The number of aliphatic hydroxyl groups is 1. The highest BCUT2D eigenvalue weighted by atomic mass is 79.9. The van der Waals surface area contributed by atoms with E-state index in [2.05, 4.69) is 20.9 Å². The molecule has 1 N–H and O–H groups in total. The van der Waals surface area contributed by atoms with Crippen LogP contribution in [0.2, 0.25) is 5.02 Å². The zero-order valence-electron chi connectivity index (χ0n) is 9.28. The van der Waals surface area contributed by atoms with Crippen molar-refractivity contribution < 1.29 is 9.50 Å². The van der Waals surface area contributed by atoms with Crippen LogP contribution in [-0.4, -0.2) is 10.1 Å². The SMILES string of the molecule is OC(Cc1cncc(Br)c1)c1cccc(Cl)c1F. The minimum Gasteiger partial charge on any atom is -0.388 e. The third-order valence-electron chi connectivity index (χ3n) is 2.53. The fourth-order valence-electron chi connectivity index (χ4n) is 1.68. The molecule has 1 unspecified atom stereocenters. The van der Waals surface area contributed by atoms with Crippen molar-refractivity contribution in [1.29, 1.82) is 0 Å². The third-order valence-corrected chi connectivity index (χ3v) is 3.26. The monoisotopic (exact) mass is 329 g/mol. The van der Waals surface area contributed by atoms with E-state index in [0.29, 0.717) is 0 Å². The molecule has 1 aromatic heterocycles. The first-order valence-corrected chi connectivity index (χ1v) is 6.46. The van der Waals surface area contributed by atoms with Crippen molar-refractivity contribution in [2.45, 2.75) is 12.5 Å². The van der Waals surface area contributed by atoms with Crippen molar-refractivity contribution in [2.75, 3.05) is 0 Å². The fourth-order valence-corrected chi connectivity index (χ4v) is 2.27. The van der Waals surface area contributed by atoms with Gasteiger partial charge in [0.1, 0.15) is 5.82 Å². The molecule has 0 spiro atoms. The summed E-state index contributed by atoms with van der Waals surface area (Å²) in [5.41, 5.74) is 1.01. The predicted octanol–water partition coefficient (Wildman–Crippen LogP) is 3.91. The molecule has 0 aliphatic carbocycles. The Kier molecular flexibility index (Phi) is 4.32. The van der Waals surface area contributed by atoms with Gasteiger partial charge in [-0.15, -0.1) is 0 Å². The summed E-state index contributed by atoms with van der Waals surface area (Å²) >= 11 is 8.98. The van der Waals surface area contributed by atoms with Gasteiger partial charge in [0.05, 0.1) is 11.1 Å². The van der Waals surface area contributed by atoms with Gasteiger partial charge in [-0.3, -0.25) is 4.98 Å². The first-order chi connectivity index (χ1) is 8.58. The Hall–Kier alpha value is -0.970. The molecule has 94 valence electrons. The average molecular weight is 331 g/mol. The van der Waals surface area contributed by atoms with Crippen LogP contribution in [0.4, 0.5) is 4.39 Å². The smallest absolute Gasteiger partial charge is 0.147 e. The molecule has 1 heterocycles. The van der Waals surface area contributed by atoms with Crippen LogP contribution in [-0.2, 0) is 6.42 Å². The van der Waals surface area contributed by atoms with E-state index < -0.39 is 11.9 Å². The second kappa shape index (κ2) is 5.78. The van der Waals surface area contributed by atoms with E-state index in [1.807, 2.05) is 6.07 Å². The number of hydrogen-bond acceptors (Lipinski definition) is 2. The van der Waals surface area contributed by atoms with Gasteiger partial charge in [-0.1, -0.05) is 23.7 Å². The number of pyridine rings is 1.